The number of nitrogens with zero attached hydrogens (tertiary/aromatic N) is 1. The molecule has 0 aromatic heterocycles. The van der Waals surface area contributed by atoms with E-state index in [-0.39, 0.29) is 22.4 Å². The lowest BCUT2D eigenvalue weighted by atomic mass is 10.2. The van der Waals surface area contributed by atoms with E-state index in [1.165, 1.54) is 26.2 Å². The van der Waals surface area contributed by atoms with Crippen molar-refractivity contribution in [3.05, 3.63) is 67.7 Å². The fourth-order valence-corrected chi connectivity index (χ4v) is 4.70. The van der Waals surface area contributed by atoms with Crippen LogP contribution in [0.15, 0.2) is 45.8 Å². The molecule has 1 heterocycles. The maximum atomic E-state index is 13.8. The fraction of sp³-hybridized carbons (Fsp3) is 0.190. The predicted molar refractivity (Wildman–Crippen MR) is 119 cm³/mol. The van der Waals surface area contributed by atoms with Gasteiger partial charge in [-0.25, -0.2) is 9.18 Å². The molecule has 0 bridgehead atoms. The first kappa shape index (κ1) is 23.3. The molecule has 31 heavy (non-hydrogen) atoms. The number of ether oxygens (including phenoxy) is 2. The molecule has 0 unspecified atom stereocenters. The molecule has 0 radical (unpaired) electrons. The average Bonchev–Trinajstić information content (AvgIpc) is 3.00. The Labute approximate surface area is 195 Å². The van der Waals surface area contributed by atoms with Crippen LogP contribution in [0.2, 0.25) is 5.02 Å². The van der Waals surface area contributed by atoms with Crippen molar-refractivity contribution in [1.82, 2.24) is 4.90 Å². The summed E-state index contributed by atoms with van der Waals surface area (Å²) in [6, 6.07) is 8.41. The standard InChI is InChI=1S/C21H16BrClFNO5S/c1-11(20(27)29-2)25-19(26)17(31-21(25)28)9-12-7-14(22)18(15(23)8-12)30-10-13-5-3-4-6-16(13)24/h3-9,11H,10H2,1-2H3/b17-9+/t11-/m1/s1. The van der Waals surface area contributed by atoms with Gasteiger partial charge >= 0.3 is 5.97 Å². The van der Waals surface area contributed by atoms with Crippen molar-refractivity contribution >= 4 is 62.5 Å². The summed E-state index contributed by atoms with van der Waals surface area (Å²) in [7, 11) is 1.18. The second-order valence-electron chi connectivity index (χ2n) is 6.44. The van der Waals surface area contributed by atoms with E-state index in [2.05, 4.69) is 20.7 Å². The topological polar surface area (TPSA) is 72.9 Å². The van der Waals surface area contributed by atoms with E-state index in [0.29, 0.717) is 21.3 Å². The van der Waals surface area contributed by atoms with E-state index in [0.717, 1.165) is 16.7 Å². The maximum absolute atomic E-state index is 13.8. The van der Waals surface area contributed by atoms with E-state index in [1.54, 1.807) is 30.3 Å². The smallest absolute Gasteiger partial charge is 0.328 e. The zero-order chi connectivity index (χ0) is 22.7. The number of thioether (sulfide) groups is 1. The van der Waals surface area contributed by atoms with Crippen LogP contribution < -0.4 is 4.74 Å². The zero-order valence-electron chi connectivity index (χ0n) is 16.4. The number of methoxy groups -OCH3 is 1. The quantitative estimate of drug-likeness (QED) is 0.368. The second kappa shape index (κ2) is 9.84. The number of halogens is 3. The van der Waals surface area contributed by atoms with Gasteiger partial charge in [0.25, 0.3) is 11.1 Å². The highest BCUT2D eigenvalue weighted by Gasteiger charge is 2.41. The summed E-state index contributed by atoms with van der Waals surface area (Å²) in [6.07, 6.45) is 1.49. The van der Waals surface area contributed by atoms with E-state index in [1.807, 2.05) is 0 Å². The molecule has 162 valence electrons. The Morgan fingerprint density at radius 3 is 2.68 bits per heavy atom. The summed E-state index contributed by atoms with van der Waals surface area (Å²) in [4.78, 5) is 37.5. The minimum absolute atomic E-state index is 0.0192. The van der Waals surface area contributed by atoms with Crippen LogP contribution in [0.3, 0.4) is 0 Å². The monoisotopic (exact) mass is 527 g/mol. The van der Waals surface area contributed by atoms with E-state index < -0.39 is 23.2 Å². The summed E-state index contributed by atoms with van der Waals surface area (Å²) in [5.41, 5.74) is 0.911. The molecule has 2 amide bonds. The summed E-state index contributed by atoms with van der Waals surface area (Å²) in [6.45, 7) is 1.40. The zero-order valence-corrected chi connectivity index (χ0v) is 19.5. The Bertz CT molecular complexity index is 1070. The van der Waals surface area contributed by atoms with E-state index in [4.69, 9.17) is 16.3 Å². The number of imide groups is 1. The third kappa shape index (κ3) is 5.11. The van der Waals surface area contributed by atoms with Crippen molar-refractivity contribution in [2.24, 2.45) is 0 Å². The van der Waals surface area contributed by atoms with Crippen molar-refractivity contribution in [2.45, 2.75) is 19.6 Å². The highest BCUT2D eigenvalue weighted by atomic mass is 79.9. The van der Waals surface area contributed by atoms with Crippen LogP contribution in [0, 0.1) is 5.82 Å². The number of esters is 1. The van der Waals surface area contributed by atoms with Crippen molar-refractivity contribution in [3.63, 3.8) is 0 Å². The molecule has 2 aromatic carbocycles. The minimum Gasteiger partial charge on any atom is -0.486 e. The van der Waals surface area contributed by atoms with Crippen molar-refractivity contribution in [2.75, 3.05) is 7.11 Å². The third-order valence-corrected chi connectivity index (χ3v) is 6.15. The van der Waals surface area contributed by atoms with Gasteiger partial charge in [-0.05, 0) is 64.5 Å². The molecule has 0 N–H and O–H groups in total. The molecule has 3 rings (SSSR count). The molecule has 1 aliphatic rings. The van der Waals surface area contributed by atoms with Crippen LogP contribution in [0.4, 0.5) is 9.18 Å². The molecular weight excluding hydrogens is 513 g/mol. The van der Waals surface area contributed by atoms with Gasteiger partial charge in [-0.15, -0.1) is 0 Å². The number of carbonyl (C=O) groups is 3. The van der Waals surface area contributed by atoms with E-state index >= 15 is 0 Å². The number of hydrogen-bond acceptors (Lipinski definition) is 6. The molecular formula is C21H16BrClFNO5S. The van der Waals surface area contributed by atoms with Crippen LogP contribution in [0.1, 0.15) is 18.1 Å². The van der Waals surface area contributed by atoms with Gasteiger partial charge in [0.05, 0.1) is 21.5 Å². The molecule has 6 nitrogen and oxygen atoms in total. The van der Waals surface area contributed by atoms with Gasteiger partial charge in [-0.3, -0.25) is 14.5 Å². The number of amides is 2. The molecule has 1 atom stereocenters. The molecule has 0 saturated carbocycles. The number of rotatable bonds is 6. The molecule has 0 spiro atoms. The van der Waals surface area contributed by atoms with E-state index in [9.17, 15) is 18.8 Å². The van der Waals surface area contributed by atoms with Crippen LogP contribution in [-0.2, 0) is 20.9 Å². The highest BCUT2D eigenvalue weighted by molar-refractivity contribution is 9.10. The summed E-state index contributed by atoms with van der Waals surface area (Å²) in [5, 5.41) is -0.330. The lowest BCUT2D eigenvalue weighted by molar-refractivity contribution is -0.148. The molecule has 1 fully saturated rings. The van der Waals surface area contributed by atoms with Gasteiger partial charge < -0.3 is 9.47 Å². The first-order valence-corrected chi connectivity index (χ1v) is 10.9. The molecule has 1 aliphatic heterocycles. The van der Waals surface area contributed by atoms with Crippen molar-refractivity contribution in [3.8, 4) is 5.75 Å². The Morgan fingerprint density at radius 2 is 2.03 bits per heavy atom. The van der Waals surface area contributed by atoms with Gasteiger partial charge in [-0.2, -0.15) is 0 Å². The van der Waals surface area contributed by atoms with Crippen LogP contribution >= 0.6 is 39.3 Å². The Morgan fingerprint density at radius 1 is 1.32 bits per heavy atom. The Kier molecular flexibility index (Phi) is 7.40. The first-order chi connectivity index (χ1) is 14.7. The normalized spacial score (nSPS) is 16.0. The van der Waals surface area contributed by atoms with Crippen LogP contribution in [0.5, 0.6) is 5.75 Å². The maximum Gasteiger partial charge on any atom is 0.328 e. The number of carbonyl (C=O) groups excluding carboxylic acids is 3. The predicted octanol–water partition coefficient (Wildman–Crippen LogP) is 5.42. The molecule has 10 heteroatoms. The summed E-state index contributed by atoms with van der Waals surface area (Å²) in [5.74, 6) is -1.36. The lowest BCUT2D eigenvalue weighted by Crippen LogP contribution is -2.42. The highest BCUT2D eigenvalue weighted by Crippen LogP contribution is 2.38. The number of hydrogen-bond donors (Lipinski definition) is 0. The summed E-state index contributed by atoms with van der Waals surface area (Å²) < 4.78 is 24.5. The van der Waals surface area contributed by atoms with Gasteiger partial charge in [0.15, 0.2) is 5.75 Å². The number of benzene rings is 2. The van der Waals surface area contributed by atoms with Crippen LogP contribution in [-0.4, -0.2) is 35.2 Å². The van der Waals surface area contributed by atoms with Gasteiger partial charge in [0, 0.05) is 5.56 Å². The largest absolute Gasteiger partial charge is 0.486 e. The SMILES string of the molecule is COC(=O)[C@@H](C)N1C(=O)S/C(=C/c2cc(Cl)c(OCc3ccccc3F)c(Br)c2)C1=O. The molecule has 1 saturated heterocycles. The lowest BCUT2D eigenvalue weighted by Gasteiger charge is -2.18. The second-order valence-corrected chi connectivity index (χ2v) is 8.70. The molecule has 0 aliphatic carbocycles. The first-order valence-electron chi connectivity index (χ1n) is 8.93. The molecule has 2 aromatic rings. The third-order valence-electron chi connectivity index (χ3n) is 4.40. The van der Waals surface area contributed by atoms with Crippen LogP contribution in [0.25, 0.3) is 6.08 Å². The van der Waals surface area contributed by atoms with Crippen molar-refractivity contribution in [1.29, 1.82) is 0 Å². The van der Waals surface area contributed by atoms with Gasteiger partial charge in [-0.1, -0.05) is 29.8 Å². The minimum atomic E-state index is -1.03. The Hall–Kier alpha value is -2.36. The van der Waals surface area contributed by atoms with Gasteiger partial charge in [0.1, 0.15) is 18.5 Å². The Balaban J connectivity index is 1.80. The summed E-state index contributed by atoms with van der Waals surface area (Å²) >= 11 is 10.4. The van der Waals surface area contributed by atoms with Crippen molar-refractivity contribution < 1.29 is 28.2 Å². The fourth-order valence-electron chi connectivity index (χ4n) is 2.81. The van der Waals surface area contributed by atoms with Gasteiger partial charge in [0.2, 0.25) is 0 Å². The average molecular weight is 529 g/mol.